The molecule has 0 spiro atoms. The predicted octanol–water partition coefficient (Wildman–Crippen LogP) is 1.39. The van der Waals surface area contributed by atoms with E-state index in [0.717, 1.165) is 0 Å². The normalized spacial score (nSPS) is 11.4. The second-order valence-corrected chi connectivity index (χ2v) is 7.79. The van der Waals surface area contributed by atoms with E-state index >= 15 is 0 Å². The maximum absolute atomic E-state index is 12.5. The number of ether oxygens (including phenoxy) is 2. The summed E-state index contributed by atoms with van der Waals surface area (Å²) in [5.41, 5.74) is -0.315. The minimum atomic E-state index is -0.554. The lowest BCUT2D eigenvalue weighted by atomic mass is 10.1. The first kappa shape index (κ1) is 23.1. The molecule has 0 unspecified atom stereocenters. The molecule has 30 heavy (non-hydrogen) atoms. The summed E-state index contributed by atoms with van der Waals surface area (Å²) in [5, 5.41) is 5.34. The number of hydrogen-bond acceptors (Lipinski definition) is 7. The molecule has 2 aromatic rings. The number of H-pyrrole nitrogens is 1. The number of likely N-dealkylation sites (N-methyl/N-ethyl adjacent to an activating group) is 1. The van der Waals surface area contributed by atoms with E-state index in [-0.39, 0.29) is 18.6 Å². The van der Waals surface area contributed by atoms with Crippen molar-refractivity contribution in [3.05, 3.63) is 28.3 Å². The minimum Gasteiger partial charge on any atom is -0.493 e. The van der Waals surface area contributed by atoms with E-state index in [1.807, 2.05) is 27.7 Å². The van der Waals surface area contributed by atoms with Gasteiger partial charge in [0.15, 0.2) is 11.5 Å². The Morgan fingerprint density at radius 3 is 2.37 bits per heavy atom. The lowest BCUT2D eigenvalue weighted by Crippen LogP contribution is -2.50. The van der Waals surface area contributed by atoms with Gasteiger partial charge in [0.25, 0.3) is 5.56 Å². The van der Waals surface area contributed by atoms with Gasteiger partial charge in [-0.25, -0.2) is 9.78 Å². The number of hydrogen-bond donors (Lipinski definition) is 3. The molecule has 3 N–H and O–H groups in total. The quantitative estimate of drug-likeness (QED) is 0.619. The van der Waals surface area contributed by atoms with Crippen LogP contribution in [0.4, 0.5) is 4.79 Å². The van der Waals surface area contributed by atoms with Crippen molar-refractivity contribution in [2.45, 2.75) is 39.8 Å². The van der Waals surface area contributed by atoms with E-state index in [0.29, 0.717) is 34.8 Å². The SMILES string of the molecule is CCN(CC(=O)NC(=O)NC(C)(C)C)Cc1nc2cc(OC)c(OC)cc2c(=O)[nH]1. The third-order valence-electron chi connectivity index (χ3n) is 4.19. The van der Waals surface area contributed by atoms with Crippen molar-refractivity contribution in [3.63, 3.8) is 0 Å². The highest BCUT2D eigenvalue weighted by molar-refractivity contribution is 5.95. The Morgan fingerprint density at radius 2 is 1.80 bits per heavy atom. The Morgan fingerprint density at radius 1 is 1.17 bits per heavy atom. The summed E-state index contributed by atoms with van der Waals surface area (Å²) >= 11 is 0. The number of methoxy groups -OCH3 is 2. The summed E-state index contributed by atoms with van der Waals surface area (Å²) < 4.78 is 10.5. The average molecular weight is 419 g/mol. The first-order chi connectivity index (χ1) is 14.1. The molecule has 0 saturated heterocycles. The summed E-state index contributed by atoms with van der Waals surface area (Å²) in [7, 11) is 3.00. The Kier molecular flexibility index (Phi) is 7.38. The number of nitrogens with zero attached hydrogens (tertiary/aromatic N) is 2. The highest BCUT2D eigenvalue weighted by atomic mass is 16.5. The van der Waals surface area contributed by atoms with Gasteiger partial charge in [-0.3, -0.25) is 19.8 Å². The van der Waals surface area contributed by atoms with Crippen LogP contribution in [0.25, 0.3) is 10.9 Å². The van der Waals surface area contributed by atoms with Gasteiger partial charge in [-0.2, -0.15) is 0 Å². The first-order valence-electron chi connectivity index (χ1n) is 9.55. The highest BCUT2D eigenvalue weighted by Gasteiger charge is 2.18. The monoisotopic (exact) mass is 419 g/mol. The Bertz CT molecular complexity index is 980. The molecule has 0 saturated carbocycles. The number of benzene rings is 1. The lowest BCUT2D eigenvalue weighted by Gasteiger charge is -2.22. The summed E-state index contributed by atoms with van der Waals surface area (Å²) in [6.45, 7) is 8.05. The molecule has 0 bridgehead atoms. The van der Waals surface area contributed by atoms with Crippen LogP contribution in [0.15, 0.2) is 16.9 Å². The number of carbonyl (C=O) groups excluding carboxylic acids is 2. The van der Waals surface area contributed by atoms with Crippen molar-refractivity contribution in [3.8, 4) is 11.5 Å². The van der Waals surface area contributed by atoms with Gasteiger partial charge < -0.3 is 19.8 Å². The number of nitrogens with one attached hydrogen (secondary N) is 3. The molecule has 164 valence electrons. The van der Waals surface area contributed by atoms with E-state index in [9.17, 15) is 14.4 Å². The molecule has 0 fully saturated rings. The maximum Gasteiger partial charge on any atom is 0.321 e. The maximum atomic E-state index is 12.5. The third kappa shape index (κ3) is 6.18. The zero-order chi connectivity index (χ0) is 22.5. The summed E-state index contributed by atoms with van der Waals surface area (Å²) in [5.74, 6) is 0.845. The summed E-state index contributed by atoms with van der Waals surface area (Å²) in [6, 6.07) is 2.65. The third-order valence-corrected chi connectivity index (χ3v) is 4.19. The fraction of sp³-hybridized carbons (Fsp3) is 0.500. The van der Waals surface area contributed by atoms with Crippen LogP contribution in [0, 0.1) is 0 Å². The molecule has 0 aliphatic rings. The molecule has 0 radical (unpaired) electrons. The molecule has 1 aromatic carbocycles. The topological polar surface area (TPSA) is 126 Å². The fourth-order valence-corrected chi connectivity index (χ4v) is 2.82. The van der Waals surface area contributed by atoms with Gasteiger partial charge in [0.1, 0.15) is 5.82 Å². The van der Waals surface area contributed by atoms with E-state index in [1.54, 1.807) is 17.0 Å². The van der Waals surface area contributed by atoms with Crippen LogP contribution in [0.1, 0.15) is 33.5 Å². The lowest BCUT2D eigenvalue weighted by molar-refractivity contribution is -0.121. The van der Waals surface area contributed by atoms with E-state index in [4.69, 9.17) is 9.47 Å². The van der Waals surface area contributed by atoms with Crippen molar-refractivity contribution in [1.29, 1.82) is 0 Å². The number of aromatic amines is 1. The van der Waals surface area contributed by atoms with Gasteiger partial charge >= 0.3 is 6.03 Å². The van der Waals surface area contributed by atoms with E-state index in [2.05, 4.69) is 20.6 Å². The van der Waals surface area contributed by atoms with Gasteiger partial charge in [0.2, 0.25) is 5.91 Å². The number of amides is 3. The number of aromatic nitrogens is 2. The van der Waals surface area contributed by atoms with Crippen LogP contribution in [0.2, 0.25) is 0 Å². The molecular weight excluding hydrogens is 390 g/mol. The Labute approximate surface area is 175 Å². The van der Waals surface area contributed by atoms with Crippen LogP contribution < -0.4 is 25.7 Å². The van der Waals surface area contributed by atoms with Crippen molar-refractivity contribution in [1.82, 2.24) is 25.5 Å². The number of rotatable bonds is 7. The minimum absolute atomic E-state index is 0.0260. The molecule has 10 heteroatoms. The molecule has 1 heterocycles. The van der Waals surface area contributed by atoms with Crippen LogP contribution >= 0.6 is 0 Å². The number of imide groups is 1. The largest absolute Gasteiger partial charge is 0.493 e. The Balaban J connectivity index is 2.15. The highest BCUT2D eigenvalue weighted by Crippen LogP contribution is 2.29. The second kappa shape index (κ2) is 9.57. The molecule has 0 aliphatic carbocycles. The summed E-state index contributed by atoms with van der Waals surface area (Å²) in [6.07, 6.45) is 0. The van der Waals surface area contributed by atoms with Crippen LogP contribution in [0.5, 0.6) is 11.5 Å². The van der Waals surface area contributed by atoms with Crippen molar-refractivity contribution in [2.24, 2.45) is 0 Å². The molecule has 0 atom stereocenters. The molecule has 10 nitrogen and oxygen atoms in total. The van der Waals surface area contributed by atoms with Gasteiger partial charge in [0, 0.05) is 11.6 Å². The average Bonchev–Trinajstić information content (AvgIpc) is 2.64. The van der Waals surface area contributed by atoms with E-state index in [1.165, 1.54) is 14.2 Å². The van der Waals surface area contributed by atoms with Crippen molar-refractivity contribution < 1.29 is 19.1 Å². The van der Waals surface area contributed by atoms with Gasteiger partial charge in [-0.1, -0.05) is 6.92 Å². The molecule has 0 aliphatic heterocycles. The first-order valence-corrected chi connectivity index (χ1v) is 9.55. The fourth-order valence-electron chi connectivity index (χ4n) is 2.82. The molecule has 1 aromatic heterocycles. The second-order valence-electron chi connectivity index (χ2n) is 7.79. The van der Waals surface area contributed by atoms with Crippen molar-refractivity contribution >= 4 is 22.8 Å². The smallest absolute Gasteiger partial charge is 0.321 e. The molecule has 2 rings (SSSR count). The van der Waals surface area contributed by atoms with Gasteiger partial charge in [-0.15, -0.1) is 0 Å². The number of fused-ring (bicyclic) bond motifs is 1. The Hall–Kier alpha value is -3.14. The zero-order valence-electron chi connectivity index (χ0n) is 18.2. The summed E-state index contributed by atoms with van der Waals surface area (Å²) in [4.78, 5) is 45.5. The van der Waals surface area contributed by atoms with E-state index < -0.39 is 17.5 Å². The number of carbonyl (C=O) groups is 2. The zero-order valence-corrected chi connectivity index (χ0v) is 18.2. The van der Waals surface area contributed by atoms with Crippen LogP contribution in [-0.4, -0.2) is 59.7 Å². The van der Waals surface area contributed by atoms with Crippen LogP contribution in [-0.2, 0) is 11.3 Å². The molecular formula is C20H29N5O5. The predicted molar refractivity (Wildman–Crippen MR) is 113 cm³/mol. The molecule has 3 amide bonds. The van der Waals surface area contributed by atoms with Crippen LogP contribution in [0.3, 0.4) is 0 Å². The number of urea groups is 1. The van der Waals surface area contributed by atoms with Gasteiger partial charge in [-0.05, 0) is 33.4 Å². The van der Waals surface area contributed by atoms with Crippen molar-refractivity contribution in [2.75, 3.05) is 27.3 Å². The standard InChI is InChI=1S/C20H29N5O5/c1-7-25(11-17(26)23-19(28)24-20(2,3)4)10-16-21-13-9-15(30-6)14(29-5)8-12(13)18(27)22-16/h8-9H,7,10-11H2,1-6H3,(H,21,22,27)(H2,23,24,26,28). The van der Waals surface area contributed by atoms with Gasteiger partial charge in [0.05, 0.1) is 38.2 Å².